The molecule has 1 aromatic heterocycles. The topological polar surface area (TPSA) is 56.3 Å². The summed E-state index contributed by atoms with van der Waals surface area (Å²) in [5.41, 5.74) is 4.32. The van der Waals surface area contributed by atoms with Gasteiger partial charge in [-0.25, -0.2) is 4.98 Å². The van der Waals surface area contributed by atoms with E-state index in [-0.39, 0.29) is 0 Å². The fourth-order valence-corrected chi connectivity index (χ4v) is 2.95. The van der Waals surface area contributed by atoms with E-state index in [4.69, 9.17) is 0 Å². The predicted molar refractivity (Wildman–Crippen MR) is 119 cm³/mol. The second kappa shape index (κ2) is 9.08. The number of aromatic nitrogens is 2. The monoisotopic (exact) mass is 376 g/mol. The Morgan fingerprint density at radius 1 is 0.750 bits per heavy atom. The van der Waals surface area contributed by atoms with Crippen molar-refractivity contribution in [2.75, 3.05) is 47.6 Å². The molecule has 0 fully saturated rings. The number of benzene rings is 2. The average Bonchev–Trinajstić information content (AvgIpc) is 2.71. The summed E-state index contributed by atoms with van der Waals surface area (Å²) in [5.74, 6) is 1.31. The molecule has 0 atom stereocenters. The van der Waals surface area contributed by atoms with E-state index >= 15 is 0 Å². The zero-order valence-corrected chi connectivity index (χ0v) is 17.0. The molecule has 6 heteroatoms. The van der Waals surface area contributed by atoms with Gasteiger partial charge in [-0.2, -0.15) is 4.98 Å². The molecule has 0 amide bonds. The lowest BCUT2D eigenvalue weighted by atomic mass is 10.2. The summed E-state index contributed by atoms with van der Waals surface area (Å²) in [7, 11) is 4.05. The van der Waals surface area contributed by atoms with Gasteiger partial charge in [-0.15, -0.1) is 0 Å². The molecule has 0 saturated carbocycles. The number of nitrogens with zero attached hydrogens (tertiary/aromatic N) is 4. The Hall–Kier alpha value is -3.28. The molecule has 0 spiro atoms. The first-order valence-corrected chi connectivity index (χ1v) is 9.58. The Morgan fingerprint density at radius 2 is 1.32 bits per heavy atom. The van der Waals surface area contributed by atoms with Crippen molar-refractivity contribution in [3.05, 3.63) is 60.8 Å². The van der Waals surface area contributed by atoms with Crippen LogP contribution in [0.4, 0.5) is 34.5 Å². The van der Waals surface area contributed by atoms with Gasteiger partial charge in [0.1, 0.15) is 5.82 Å². The third-order valence-electron chi connectivity index (χ3n) is 4.56. The van der Waals surface area contributed by atoms with Crippen molar-refractivity contribution in [3.8, 4) is 0 Å². The zero-order chi connectivity index (χ0) is 19.9. The smallest absolute Gasteiger partial charge is 0.229 e. The summed E-state index contributed by atoms with van der Waals surface area (Å²) in [4.78, 5) is 13.3. The van der Waals surface area contributed by atoms with E-state index < -0.39 is 0 Å². The van der Waals surface area contributed by atoms with E-state index in [2.05, 4.69) is 80.6 Å². The van der Waals surface area contributed by atoms with Crippen LogP contribution in [0.3, 0.4) is 0 Å². The molecule has 1 heterocycles. The molecule has 146 valence electrons. The third kappa shape index (κ3) is 4.91. The van der Waals surface area contributed by atoms with Crippen LogP contribution < -0.4 is 20.4 Å². The minimum absolute atomic E-state index is 0.561. The van der Waals surface area contributed by atoms with Crippen LogP contribution in [0.2, 0.25) is 0 Å². The van der Waals surface area contributed by atoms with E-state index in [1.54, 1.807) is 6.20 Å². The number of hydrogen-bond donors (Lipinski definition) is 2. The van der Waals surface area contributed by atoms with Crippen molar-refractivity contribution < 1.29 is 0 Å². The van der Waals surface area contributed by atoms with Gasteiger partial charge in [-0.1, -0.05) is 0 Å². The number of hydrogen-bond acceptors (Lipinski definition) is 6. The van der Waals surface area contributed by atoms with Crippen molar-refractivity contribution in [2.24, 2.45) is 0 Å². The normalized spacial score (nSPS) is 10.4. The molecule has 0 aliphatic heterocycles. The highest BCUT2D eigenvalue weighted by Gasteiger charge is 2.04. The molecule has 0 bridgehead atoms. The number of rotatable bonds is 8. The predicted octanol–water partition coefficient (Wildman–Crippen LogP) is 4.88. The van der Waals surface area contributed by atoms with E-state index in [9.17, 15) is 0 Å². The van der Waals surface area contributed by atoms with Crippen LogP contribution in [0.15, 0.2) is 60.8 Å². The van der Waals surface area contributed by atoms with Gasteiger partial charge in [0.15, 0.2) is 0 Å². The maximum Gasteiger partial charge on any atom is 0.229 e. The van der Waals surface area contributed by atoms with Crippen LogP contribution in [0.1, 0.15) is 13.8 Å². The van der Waals surface area contributed by atoms with E-state index in [1.165, 1.54) is 5.69 Å². The zero-order valence-electron chi connectivity index (χ0n) is 17.0. The Bertz CT molecular complexity index is 870. The third-order valence-corrected chi connectivity index (χ3v) is 4.56. The highest BCUT2D eigenvalue weighted by Crippen LogP contribution is 2.22. The van der Waals surface area contributed by atoms with Crippen LogP contribution >= 0.6 is 0 Å². The van der Waals surface area contributed by atoms with Gasteiger partial charge in [-0.05, 0) is 68.4 Å². The maximum absolute atomic E-state index is 4.56. The van der Waals surface area contributed by atoms with Gasteiger partial charge in [0.25, 0.3) is 0 Å². The van der Waals surface area contributed by atoms with Gasteiger partial charge < -0.3 is 20.4 Å². The fourth-order valence-electron chi connectivity index (χ4n) is 2.95. The average molecular weight is 377 g/mol. The molecular weight excluding hydrogens is 348 g/mol. The summed E-state index contributed by atoms with van der Waals surface area (Å²) in [6.07, 6.45) is 1.75. The first-order chi connectivity index (χ1) is 13.6. The fraction of sp³-hybridized carbons (Fsp3) is 0.273. The lowest BCUT2D eigenvalue weighted by Gasteiger charge is -2.21. The van der Waals surface area contributed by atoms with E-state index in [1.807, 2.05) is 32.3 Å². The summed E-state index contributed by atoms with van der Waals surface area (Å²) in [5, 5.41) is 6.59. The second-order valence-electron chi connectivity index (χ2n) is 6.68. The standard InChI is InChI=1S/C22H28N6/c1-5-28(6-2)20-13-9-18(10-14-20)25-22-23-16-15-21(26-22)24-17-7-11-19(12-8-17)27(3)4/h7-16H,5-6H2,1-4H3,(H2,23,24,25,26). The van der Waals surface area contributed by atoms with E-state index in [0.29, 0.717) is 5.95 Å². The van der Waals surface area contributed by atoms with Crippen LogP contribution in [-0.2, 0) is 0 Å². The molecule has 0 unspecified atom stereocenters. The van der Waals surface area contributed by atoms with Crippen molar-refractivity contribution in [3.63, 3.8) is 0 Å². The quantitative estimate of drug-likeness (QED) is 0.585. The summed E-state index contributed by atoms with van der Waals surface area (Å²) >= 11 is 0. The molecule has 2 aromatic carbocycles. The van der Waals surface area contributed by atoms with Gasteiger partial charge in [0, 0.05) is 56.1 Å². The van der Waals surface area contributed by atoms with Gasteiger partial charge in [0.2, 0.25) is 5.95 Å². The number of nitrogens with one attached hydrogen (secondary N) is 2. The molecular formula is C22H28N6. The van der Waals surface area contributed by atoms with Crippen LogP contribution in [0, 0.1) is 0 Å². The Morgan fingerprint density at radius 3 is 1.89 bits per heavy atom. The molecule has 6 nitrogen and oxygen atoms in total. The molecule has 0 aliphatic rings. The van der Waals surface area contributed by atoms with Gasteiger partial charge in [-0.3, -0.25) is 0 Å². The molecule has 3 aromatic rings. The first kappa shape index (κ1) is 19.5. The highest BCUT2D eigenvalue weighted by atomic mass is 15.1. The summed E-state index contributed by atoms with van der Waals surface area (Å²) in [6, 6.07) is 18.4. The molecule has 3 rings (SSSR count). The second-order valence-corrected chi connectivity index (χ2v) is 6.68. The largest absolute Gasteiger partial charge is 0.378 e. The van der Waals surface area contributed by atoms with E-state index in [0.717, 1.165) is 36.0 Å². The van der Waals surface area contributed by atoms with Crippen LogP contribution in [-0.4, -0.2) is 37.2 Å². The lowest BCUT2D eigenvalue weighted by molar-refractivity contribution is 0.866. The Labute approximate surface area is 167 Å². The van der Waals surface area contributed by atoms with Gasteiger partial charge in [0.05, 0.1) is 0 Å². The van der Waals surface area contributed by atoms with Crippen molar-refractivity contribution in [2.45, 2.75) is 13.8 Å². The van der Waals surface area contributed by atoms with Crippen molar-refractivity contribution in [1.82, 2.24) is 9.97 Å². The molecule has 0 radical (unpaired) electrons. The SMILES string of the molecule is CCN(CC)c1ccc(Nc2nccc(Nc3ccc(N(C)C)cc3)n2)cc1. The summed E-state index contributed by atoms with van der Waals surface area (Å²) < 4.78 is 0. The maximum atomic E-state index is 4.56. The molecule has 28 heavy (non-hydrogen) atoms. The van der Waals surface area contributed by atoms with Crippen molar-refractivity contribution in [1.29, 1.82) is 0 Å². The first-order valence-electron chi connectivity index (χ1n) is 9.58. The molecule has 0 saturated heterocycles. The minimum Gasteiger partial charge on any atom is -0.378 e. The van der Waals surface area contributed by atoms with Crippen LogP contribution in [0.25, 0.3) is 0 Å². The lowest BCUT2D eigenvalue weighted by Crippen LogP contribution is -2.21. The van der Waals surface area contributed by atoms with Gasteiger partial charge >= 0.3 is 0 Å². The van der Waals surface area contributed by atoms with Crippen LogP contribution in [0.5, 0.6) is 0 Å². The molecule has 0 aliphatic carbocycles. The van der Waals surface area contributed by atoms with Crippen molar-refractivity contribution >= 4 is 34.5 Å². The highest BCUT2D eigenvalue weighted by molar-refractivity contribution is 5.63. The minimum atomic E-state index is 0.561. The Kier molecular flexibility index (Phi) is 6.32. The number of anilines is 6. The Balaban J connectivity index is 1.67. The molecule has 2 N–H and O–H groups in total. The summed E-state index contributed by atoms with van der Waals surface area (Å²) in [6.45, 7) is 6.32.